The van der Waals surface area contributed by atoms with Gasteiger partial charge in [0.25, 0.3) is 0 Å². The molecule has 140 valence electrons. The highest BCUT2D eigenvalue weighted by molar-refractivity contribution is 5.77. The molecule has 0 saturated heterocycles. The number of hydrogen-bond acceptors (Lipinski definition) is 5. The van der Waals surface area contributed by atoms with Crippen LogP contribution < -0.4 is 16.0 Å². The lowest BCUT2D eigenvalue weighted by atomic mass is 10.3. The average Bonchev–Trinajstić information content (AvgIpc) is 2.54. The number of rotatable bonds is 15. The van der Waals surface area contributed by atoms with Gasteiger partial charge < -0.3 is 25.4 Å². The van der Waals surface area contributed by atoms with E-state index in [9.17, 15) is 14.4 Å². The number of ether oxygens (including phenoxy) is 2. The lowest BCUT2D eigenvalue weighted by molar-refractivity contribution is -0.126. The van der Waals surface area contributed by atoms with Crippen molar-refractivity contribution in [1.29, 1.82) is 0 Å². The molecular formula is C16H31N3O5. The smallest absolute Gasteiger partial charge is 0.245 e. The van der Waals surface area contributed by atoms with Crippen LogP contribution in [0.3, 0.4) is 0 Å². The van der Waals surface area contributed by atoms with Crippen molar-refractivity contribution in [3.05, 3.63) is 0 Å². The summed E-state index contributed by atoms with van der Waals surface area (Å²) < 4.78 is 10.4. The first kappa shape index (κ1) is 22.3. The number of hydrogen-bond donors (Lipinski definition) is 3. The lowest BCUT2D eigenvalue weighted by Crippen LogP contribution is -2.30. The minimum absolute atomic E-state index is 0.0189. The summed E-state index contributed by atoms with van der Waals surface area (Å²) in [7, 11) is 0. The highest BCUT2D eigenvalue weighted by Gasteiger charge is 2.03. The van der Waals surface area contributed by atoms with Gasteiger partial charge >= 0.3 is 0 Å². The molecule has 8 heteroatoms. The minimum Gasteiger partial charge on any atom is -0.377 e. The standard InChI is InChI=1S/C16H31N3O5/c1-3-4-7-18-15(21)6-5-8-19-16(22)13-24-12-11-23-10-9-17-14(2)20/h3-13H2,1-2H3,(H,17,20)(H,18,21)(H,19,22). The van der Waals surface area contributed by atoms with Crippen LogP contribution in [0.15, 0.2) is 0 Å². The Kier molecular flexibility index (Phi) is 15.1. The van der Waals surface area contributed by atoms with Gasteiger partial charge in [-0.1, -0.05) is 13.3 Å². The van der Waals surface area contributed by atoms with Gasteiger partial charge in [0.2, 0.25) is 17.7 Å². The monoisotopic (exact) mass is 345 g/mol. The molecule has 0 bridgehead atoms. The van der Waals surface area contributed by atoms with Crippen molar-refractivity contribution in [3.8, 4) is 0 Å². The predicted molar refractivity (Wildman–Crippen MR) is 90.5 cm³/mol. The molecule has 0 aliphatic rings. The molecular weight excluding hydrogens is 314 g/mol. The molecule has 0 aromatic carbocycles. The highest BCUT2D eigenvalue weighted by Crippen LogP contribution is 1.89. The molecule has 0 unspecified atom stereocenters. The lowest BCUT2D eigenvalue weighted by Gasteiger charge is -2.07. The summed E-state index contributed by atoms with van der Waals surface area (Å²) in [6.07, 6.45) is 3.05. The predicted octanol–water partition coefficient (Wildman–Crippen LogP) is -0.0316. The zero-order valence-electron chi connectivity index (χ0n) is 14.8. The Morgan fingerprint density at radius 3 is 2.17 bits per heavy atom. The molecule has 3 amide bonds. The largest absolute Gasteiger partial charge is 0.377 e. The third kappa shape index (κ3) is 16.7. The summed E-state index contributed by atoms with van der Waals surface area (Å²) >= 11 is 0. The van der Waals surface area contributed by atoms with E-state index in [2.05, 4.69) is 22.9 Å². The van der Waals surface area contributed by atoms with Gasteiger partial charge in [-0.05, 0) is 12.8 Å². The summed E-state index contributed by atoms with van der Waals surface area (Å²) in [4.78, 5) is 33.5. The number of unbranched alkanes of at least 4 members (excludes halogenated alkanes) is 1. The summed E-state index contributed by atoms with van der Waals surface area (Å²) in [5.74, 6) is -0.282. The van der Waals surface area contributed by atoms with Crippen molar-refractivity contribution in [2.45, 2.75) is 39.5 Å². The van der Waals surface area contributed by atoms with E-state index >= 15 is 0 Å². The molecule has 0 aliphatic heterocycles. The fourth-order valence-corrected chi connectivity index (χ4v) is 1.70. The summed E-state index contributed by atoms with van der Waals surface area (Å²) in [5, 5.41) is 8.13. The van der Waals surface area contributed by atoms with E-state index in [0.29, 0.717) is 52.3 Å². The fraction of sp³-hybridized carbons (Fsp3) is 0.812. The zero-order chi connectivity index (χ0) is 18.0. The molecule has 0 radical (unpaired) electrons. The van der Waals surface area contributed by atoms with Gasteiger partial charge in [0.1, 0.15) is 6.61 Å². The van der Waals surface area contributed by atoms with Gasteiger partial charge in [-0.3, -0.25) is 14.4 Å². The van der Waals surface area contributed by atoms with Crippen LogP contribution in [0.2, 0.25) is 0 Å². The van der Waals surface area contributed by atoms with Gasteiger partial charge in [0, 0.05) is 33.0 Å². The first-order valence-corrected chi connectivity index (χ1v) is 8.49. The number of nitrogens with one attached hydrogen (secondary N) is 3. The van der Waals surface area contributed by atoms with E-state index in [1.54, 1.807) is 0 Å². The summed E-state index contributed by atoms with van der Waals surface area (Å²) in [6.45, 7) is 6.20. The third-order valence-corrected chi connectivity index (χ3v) is 2.98. The second-order valence-electron chi connectivity index (χ2n) is 5.30. The van der Waals surface area contributed by atoms with Crippen LogP contribution in [0.5, 0.6) is 0 Å². The fourth-order valence-electron chi connectivity index (χ4n) is 1.70. The molecule has 0 atom stereocenters. The SMILES string of the molecule is CCCCNC(=O)CCCNC(=O)COCCOCCNC(C)=O. The maximum absolute atomic E-state index is 11.5. The molecule has 0 spiro atoms. The van der Waals surface area contributed by atoms with Crippen LogP contribution in [0.25, 0.3) is 0 Å². The van der Waals surface area contributed by atoms with Crippen molar-refractivity contribution in [2.24, 2.45) is 0 Å². The van der Waals surface area contributed by atoms with Gasteiger partial charge in [-0.2, -0.15) is 0 Å². The van der Waals surface area contributed by atoms with Crippen molar-refractivity contribution in [1.82, 2.24) is 16.0 Å². The van der Waals surface area contributed by atoms with E-state index in [4.69, 9.17) is 9.47 Å². The van der Waals surface area contributed by atoms with Crippen LogP contribution >= 0.6 is 0 Å². The van der Waals surface area contributed by atoms with E-state index in [1.807, 2.05) is 0 Å². The Bertz CT molecular complexity index is 364. The summed E-state index contributed by atoms with van der Waals surface area (Å²) in [5.41, 5.74) is 0. The Balaban J connectivity index is 3.32. The topological polar surface area (TPSA) is 106 Å². The van der Waals surface area contributed by atoms with Crippen molar-refractivity contribution in [2.75, 3.05) is 46.1 Å². The molecule has 0 aliphatic carbocycles. The van der Waals surface area contributed by atoms with Gasteiger partial charge in [-0.15, -0.1) is 0 Å². The maximum atomic E-state index is 11.5. The van der Waals surface area contributed by atoms with Crippen LogP contribution in [0.4, 0.5) is 0 Å². The number of amides is 3. The van der Waals surface area contributed by atoms with Gasteiger partial charge in [-0.25, -0.2) is 0 Å². The molecule has 0 aromatic heterocycles. The van der Waals surface area contributed by atoms with Crippen LogP contribution in [-0.4, -0.2) is 63.8 Å². The van der Waals surface area contributed by atoms with Gasteiger partial charge in [0.15, 0.2) is 0 Å². The third-order valence-electron chi connectivity index (χ3n) is 2.98. The molecule has 0 saturated carbocycles. The first-order valence-electron chi connectivity index (χ1n) is 8.49. The second kappa shape index (κ2) is 16.2. The highest BCUT2D eigenvalue weighted by atomic mass is 16.5. The zero-order valence-corrected chi connectivity index (χ0v) is 14.8. The van der Waals surface area contributed by atoms with Crippen LogP contribution in [-0.2, 0) is 23.9 Å². The Hall–Kier alpha value is -1.67. The first-order chi connectivity index (χ1) is 11.6. The van der Waals surface area contributed by atoms with E-state index in [-0.39, 0.29) is 24.3 Å². The second-order valence-corrected chi connectivity index (χ2v) is 5.30. The van der Waals surface area contributed by atoms with Crippen molar-refractivity contribution in [3.63, 3.8) is 0 Å². The molecule has 0 aromatic rings. The Morgan fingerprint density at radius 2 is 1.46 bits per heavy atom. The Labute approximate surface area is 144 Å². The van der Waals surface area contributed by atoms with Crippen molar-refractivity contribution < 1.29 is 23.9 Å². The van der Waals surface area contributed by atoms with E-state index in [0.717, 1.165) is 12.8 Å². The molecule has 24 heavy (non-hydrogen) atoms. The number of carbonyl (C=O) groups is 3. The molecule has 0 fully saturated rings. The van der Waals surface area contributed by atoms with Gasteiger partial charge in [0.05, 0.1) is 19.8 Å². The summed E-state index contributed by atoms with van der Waals surface area (Å²) in [6, 6.07) is 0. The molecule has 3 N–H and O–H groups in total. The molecule has 0 rings (SSSR count). The number of carbonyl (C=O) groups excluding carboxylic acids is 3. The minimum atomic E-state index is -0.209. The quantitative estimate of drug-likeness (QED) is 0.361. The van der Waals surface area contributed by atoms with E-state index < -0.39 is 0 Å². The average molecular weight is 345 g/mol. The van der Waals surface area contributed by atoms with Crippen molar-refractivity contribution >= 4 is 17.7 Å². The van der Waals surface area contributed by atoms with Crippen LogP contribution in [0.1, 0.15) is 39.5 Å². The molecule has 0 heterocycles. The normalized spacial score (nSPS) is 10.2. The maximum Gasteiger partial charge on any atom is 0.245 e. The molecule has 8 nitrogen and oxygen atoms in total. The van der Waals surface area contributed by atoms with Crippen LogP contribution in [0, 0.1) is 0 Å². The Morgan fingerprint density at radius 1 is 0.792 bits per heavy atom. The van der Waals surface area contributed by atoms with E-state index in [1.165, 1.54) is 6.92 Å².